The molecule has 1 saturated heterocycles. The van der Waals surface area contributed by atoms with Crippen LogP contribution in [0.4, 0.5) is 0 Å². The molecule has 1 aliphatic heterocycles. The van der Waals surface area contributed by atoms with E-state index in [-0.39, 0.29) is 31.1 Å². The lowest BCUT2D eigenvalue weighted by molar-refractivity contribution is -0.157. The number of carbonyl (C=O) groups is 3. The maximum atomic E-state index is 13.5. The average Bonchev–Trinajstić information content (AvgIpc) is 2.87. The molecule has 1 aromatic heterocycles. The largest absolute Gasteiger partial charge is 0.508 e. The van der Waals surface area contributed by atoms with Crippen LogP contribution >= 0.6 is 0 Å². The van der Waals surface area contributed by atoms with Crippen molar-refractivity contribution < 1.29 is 29.3 Å². The second-order valence-corrected chi connectivity index (χ2v) is 9.51. The number of aliphatic hydroxyl groups excluding tert-OH is 1. The number of rotatable bonds is 7. The summed E-state index contributed by atoms with van der Waals surface area (Å²) in [6.07, 6.45) is 1.66. The molecule has 1 fully saturated rings. The number of nitrogens with zero attached hydrogens (tertiary/aromatic N) is 1. The molecular formula is C27H36N4O6. The minimum absolute atomic E-state index is 0.0673. The highest BCUT2D eigenvalue weighted by Gasteiger charge is 2.36. The third-order valence-electron chi connectivity index (χ3n) is 6.71. The summed E-state index contributed by atoms with van der Waals surface area (Å²) in [5.41, 5.74) is 1.34. The van der Waals surface area contributed by atoms with E-state index < -0.39 is 48.1 Å². The summed E-state index contributed by atoms with van der Waals surface area (Å²) in [5.74, 6) is -1.83. The fourth-order valence-electron chi connectivity index (χ4n) is 4.24. The second kappa shape index (κ2) is 13.2. The molecule has 1 aromatic carbocycles. The lowest BCUT2D eigenvalue weighted by Crippen LogP contribution is -2.58. The van der Waals surface area contributed by atoms with E-state index in [9.17, 15) is 24.6 Å². The Bertz CT molecular complexity index is 1070. The van der Waals surface area contributed by atoms with Gasteiger partial charge in [0, 0.05) is 24.5 Å². The zero-order chi connectivity index (χ0) is 26.9. The number of benzene rings is 1. The van der Waals surface area contributed by atoms with Crippen molar-refractivity contribution in [1.29, 1.82) is 0 Å². The number of amides is 2. The number of phenolic OH excluding ortho intramolecular Hbond substituents is 1. The van der Waals surface area contributed by atoms with Crippen LogP contribution in [0, 0.1) is 5.92 Å². The molecule has 5 N–H and O–H groups in total. The smallest absolute Gasteiger partial charge is 0.329 e. The van der Waals surface area contributed by atoms with Crippen LogP contribution in [0.1, 0.15) is 44.7 Å². The maximum Gasteiger partial charge on any atom is 0.329 e. The third-order valence-corrected chi connectivity index (χ3v) is 6.71. The molecule has 37 heavy (non-hydrogen) atoms. The van der Waals surface area contributed by atoms with Gasteiger partial charge in [0.25, 0.3) is 0 Å². The zero-order valence-corrected chi connectivity index (χ0v) is 21.4. The van der Waals surface area contributed by atoms with Crippen molar-refractivity contribution in [2.75, 3.05) is 0 Å². The highest BCUT2D eigenvalue weighted by Crippen LogP contribution is 2.18. The summed E-state index contributed by atoms with van der Waals surface area (Å²) in [4.78, 5) is 43.4. The summed E-state index contributed by atoms with van der Waals surface area (Å²) in [6.45, 7) is 5.44. The van der Waals surface area contributed by atoms with Crippen molar-refractivity contribution >= 4 is 17.8 Å². The number of cyclic esters (lactones) is 1. The number of phenols is 1. The molecule has 6 unspecified atom stereocenters. The Hall–Kier alpha value is -3.50. The van der Waals surface area contributed by atoms with Gasteiger partial charge in [-0.2, -0.15) is 0 Å². The number of hydrogen-bond donors (Lipinski definition) is 5. The fraction of sp³-hybridized carbons (Fsp3) is 0.481. The number of hydrogen-bond acceptors (Lipinski definition) is 8. The molecule has 10 nitrogen and oxygen atoms in total. The number of aliphatic hydroxyl groups is 1. The Balaban J connectivity index is 1.91. The number of esters is 1. The van der Waals surface area contributed by atoms with Gasteiger partial charge in [0.05, 0.1) is 18.6 Å². The van der Waals surface area contributed by atoms with Crippen molar-refractivity contribution in [1.82, 2.24) is 20.9 Å². The highest BCUT2D eigenvalue weighted by atomic mass is 16.5. The topological polar surface area (TPSA) is 150 Å². The normalized spacial score (nSPS) is 26.2. The van der Waals surface area contributed by atoms with E-state index in [1.54, 1.807) is 49.6 Å². The van der Waals surface area contributed by atoms with Crippen LogP contribution < -0.4 is 16.0 Å². The van der Waals surface area contributed by atoms with E-state index in [2.05, 4.69) is 20.9 Å². The molecule has 0 saturated carbocycles. The molecule has 0 bridgehead atoms. The monoisotopic (exact) mass is 512 g/mol. The van der Waals surface area contributed by atoms with Crippen LogP contribution in [0.3, 0.4) is 0 Å². The number of carbonyl (C=O) groups excluding carboxylic acids is 3. The number of pyridine rings is 1. The van der Waals surface area contributed by atoms with Crippen molar-refractivity contribution in [3.8, 4) is 5.75 Å². The van der Waals surface area contributed by atoms with E-state index in [0.29, 0.717) is 12.0 Å². The predicted molar refractivity (Wildman–Crippen MR) is 136 cm³/mol. The second-order valence-electron chi connectivity index (χ2n) is 9.51. The minimum atomic E-state index is -1.22. The first kappa shape index (κ1) is 28.1. The Morgan fingerprint density at radius 2 is 1.92 bits per heavy atom. The molecule has 0 aliphatic carbocycles. The van der Waals surface area contributed by atoms with Crippen molar-refractivity contribution in [2.24, 2.45) is 5.92 Å². The first-order valence-corrected chi connectivity index (χ1v) is 12.6. The summed E-state index contributed by atoms with van der Waals surface area (Å²) < 4.78 is 5.68. The molecule has 2 amide bonds. The fourth-order valence-corrected chi connectivity index (χ4v) is 4.24. The van der Waals surface area contributed by atoms with Gasteiger partial charge in [-0.1, -0.05) is 44.5 Å². The van der Waals surface area contributed by atoms with Gasteiger partial charge in [-0.3, -0.25) is 19.9 Å². The van der Waals surface area contributed by atoms with Crippen molar-refractivity contribution in [2.45, 2.75) is 76.9 Å². The third kappa shape index (κ3) is 7.74. The Labute approximate surface area is 216 Å². The Morgan fingerprint density at radius 1 is 1.16 bits per heavy atom. The van der Waals surface area contributed by atoms with Gasteiger partial charge in [-0.25, -0.2) is 4.79 Å². The van der Waals surface area contributed by atoms with Crippen molar-refractivity contribution in [3.63, 3.8) is 0 Å². The summed E-state index contributed by atoms with van der Waals surface area (Å²) >= 11 is 0. The SMILES string of the molecule is CCC(C)C1NC(=O)CC(O)C(Cc2cccnc2)NC(=O)C(NCc2ccccc2O)C(C)OC1=O. The number of ether oxygens (including phenoxy) is 1. The summed E-state index contributed by atoms with van der Waals surface area (Å²) in [6, 6.07) is 7.56. The molecule has 2 aromatic rings. The molecule has 1 aliphatic rings. The number of para-hydroxylation sites is 1. The first-order chi connectivity index (χ1) is 17.7. The van der Waals surface area contributed by atoms with Crippen LogP contribution in [-0.4, -0.2) is 63.3 Å². The molecule has 2 heterocycles. The van der Waals surface area contributed by atoms with E-state index >= 15 is 0 Å². The Kier molecular flexibility index (Phi) is 9.99. The van der Waals surface area contributed by atoms with Crippen LogP contribution in [0.2, 0.25) is 0 Å². The van der Waals surface area contributed by atoms with Gasteiger partial charge in [0.15, 0.2) is 0 Å². The zero-order valence-electron chi connectivity index (χ0n) is 21.4. The quantitative estimate of drug-likeness (QED) is 0.348. The van der Waals surface area contributed by atoms with Gasteiger partial charge in [-0.05, 0) is 37.0 Å². The van der Waals surface area contributed by atoms with Crippen LogP contribution in [0.5, 0.6) is 5.75 Å². The van der Waals surface area contributed by atoms with Gasteiger partial charge in [0.1, 0.15) is 23.9 Å². The first-order valence-electron chi connectivity index (χ1n) is 12.6. The molecule has 6 atom stereocenters. The van der Waals surface area contributed by atoms with Crippen molar-refractivity contribution in [3.05, 3.63) is 59.9 Å². The van der Waals surface area contributed by atoms with Gasteiger partial charge < -0.3 is 25.6 Å². The van der Waals surface area contributed by atoms with E-state index in [1.165, 1.54) is 0 Å². The van der Waals surface area contributed by atoms with Crippen LogP contribution in [-0.2, 0) is 32.1 Å². The molecule has 10 heteroatoms. The van der Waals surface area contributed by atoms with E-state index in [4.69, 9.17) is 4.74 Å². The summed E-state index contributed by atoms with van der Waals surface area (Å²) in [7, 11) is 0. The maximum absolute atomic E-state index is 13.5. The molecule has 3 rings (SSSR count). The van der Waals surface area contributed by atoms with Gasteiger partial charge in [-0.15, -0.1) is 0 Å². The summed E-state index contributed by atoms with van der Waals surface area (Å²) in [5, 5.41) is 29.8. The molecular weight excluding hydrogens is 476 g/mol. The number of nitrogens with one attached hydrogen (secondary N) is 3. The molecule has 0 spiro atoms. The van der Waals surface area contributed by atoms with Gasteiger partial charge in [0.2, 0.25) is 11.8 Å². The van der Waals surface area contributed by atoms with E-state index in [0.717, 1.165) is 5.56 Å². The average molecular weight is 513 g/mol. The van der Waals surface area contributed by atoms with Gasteiger partial charge >= 0.3 is 5.97 Å². The Morgan fingerprint density at radius 3 is 2.59 bits per heavy atom. The number of aromatic hydroxyl groups is 1. The molecule has 200 valence electrons. The minimum Gasteiger partial charge on any atom is -0.508 e. The number of aromatic nitrogens is 1. The van der Waals surface area contributed by atoms with Crippen LogP contribution in [0.15, 0.2) is 48.8 Å². The molecule has 0 radical (unpaired) electrons. The highest BCUT2D eigenvalue weighted by molar-refractivity contribution is 5.87. The predicted octanol–water partition coefficient (Wildman–Crippen LogP) is 1.20. The lowest BCUT2D eigenvalue weighted by atomic mass is 9.96. The lowest BCUT2D eigenvalue weighted by Gasteiger charge is -2.32. The van der Waals surface area contributed by atoms with Crippen LogP contribution in [0.25, 0.3) is 0 Å². The van der Waals surface area contributed by atoms with E-state index in [1.807, 2.05) is 19.9 Å². The standard InChI is InChI=1S/C27H36N4O6/c1-4-16(2)24-27(36)37-17(3)25(29-15-19-9-5-6-10-21(19)32)26(35)30-20(22(33)13-23(34)31-24)12-18-8-7-11-28-14-18/h5-11,14,16-17,20,22,24-25,29,32-33H,4,12-13,15H2,1-3H3,(H,30,35)(H,31,34).